The van der Waals surface area contributed by atoms with Crippen LogP contribution in [0.5, 0.6) is 11.5 Å². The number of halogens is 1. The SMILES string of the molecule is CCOc1cc(/C=C2\SC(=Nc3ccncc3Cl)N(CC)C2=O)ccc1O. The van der Waals surface area contributed by atoms with Crippen LogP contribution in [0, 0.1) is 0 Å². The summed E-state index contributed by atoms with van der Waals surface area (Å²) >= 11 is 7.40. The summed E-state index contributed by atoms with van der Waals surface area (Å²) in [5, 5.41) is 10.8. The molecule has 140 valence electrons. The normalized spacial score (nSPS) is 17.1. The van der Waals surface area contributed by atoms with Gasteiger partial charge in [-0.05, 0) is 55.4 Å². The fourth-order valence-corrected chi connectivity index (χ4v) is 3.69. The molecule has 1 aromatic heterocycles. The van der Waals surface area contributed by atoms with Crippen molar-refractivity contribution in [3.63, 3.8) is 0 Å². The molecule has 0 spiro atoms. The van der Waals surface area contributed by atoms with Crippen molar-refractivity contribution >= 4 is 46.2 Å². The third kappa shape index (κ3) is 4.26. The predicted octanol–water partition coefficient (Wildman–Crippen LogP) is 4.46. The summed E-state index contributed by atoms with van der Waals surface area (Å²) in [5.41, 5.74) is 1.32. The van der Waals surface area contributed by atoms with Crippen LogP contribution in [0.4, 0.5) is 5.69 Å². The quantitative estimate of drug-likeness (QED) is 0.746. The first-order chi connectivity index (χ1) is 13.0. The minimum atomic E-state index is -0.127. The van der Waals surface area contributed by atoms with Crippen LogP contribution in [-0.2, 0) is 4.79 Å². The molecule has 1 aliphatic rings. The number of ether oxygens (including phenoxy) is 1. The summed E-state index contributed by atoms with van der Waals surface area (Å²) in [6.45, 7) is 4.66. The molecule has 8 heteroatoms. The van der Waals surface area contributed by atoms with E-state index in [-0.39, 0.29) is 11.7 Å². The summed E-state index contributed by atoms with van der Waals surface area (Å²) in [6, 6.07) is 6.67. The molecule has 0 atom stereocenters. The van der Waals surface area contributed by atoms with E-state index in [1.54, 1.807) is 41.4 Å². The Morgan fingerprint density at radius 2 is 2.19 bits per heavy atom. The molecular formula is C19H18ClN3O3S. The lowest BCUT2D eigenvalue weighted by atomic mass is 10.2. The van der Waals surface area contributed by atoms with Gasteiger partial charge in [0.15, 0.2) is 16.7 Å². The summed E-state index contributed by atoms with van der Waals surface area (Å²) in [5.74, 6) is 0.318. The maximum atomic E-state index is 12.7. The summed E-state index contributed by atoms with van der Waals surface area (Å²) in [7, 11) is 0. The van der Waals surface area contributed by atoms with Crippen molar-refractivity contribution in [1.29, 1.82) is 0 Å². The van der Waals surface area contributed by atoms with E-state index >= 15 is 0 Å². The molecule has 6 nitrogen and oxygen atoms in total. The zero-order valence-corrected chi connectivity index (χ0v) is 16.4. The molecule has 1 aliphatic heterocycles. The first kappa shape index (κ1) is 19.3. The zero-order chi connectivity index (χ0) is 19.4. The van der Waals surface area contributed by atoms with Gasteiger partial charge in [0.1, 0.15) is 0 Å². The second kappa shape index (κ2) is 8.45. The van der Waals surface area contributed by atoms with Gasteiger partial charge in [0, 0.05) is 18.9 Å². The van der Waals surface area contributed by atoms with Gasteiger partial charge in [0.25, 0.3) is 5.91 Å². The van der Waals surface area contributed by atoms with Crippen LogP contribution in [0.25, 0.3) is 6.08 Å². The lowest BCUT2D eigenvalue weighted by Gasteiger charge is -2.12. The first-order valence-electron chi connectivity index (χ1n) is 8.39. The fourth-order valence-electron chi connectivity index (χ4n) is 2.47. The van der Waals surface area contributed by atoms with E-state index in [1.165, 1.54) is 18.0 Å². The highest BCUT2D eigenvalue weighted by Gasteiger charge is 2.32. The Hall–Kier alpha value is -2.51. The Morgan fingerprint density at radius 3 is 2.89 bits per heavy atom. The van der Waals surface area contributed by atoms with E-state index in [0.29, 0.717) is 39.7 Å². The van der Waals surface area contributed by atoms with Crippen molar-refractivity contribution in [1.82, 2.24) is 9.88 Å². The van der Waals surface area contributed by atoms with Crippen LogP contribution in [-0.4, -0.2) is 39.2 Å². The molecule has 0 unspecified atom stereocenters. The van der Waals surface area contributed by atoms with E-state index in [9.17, 15) is 9.90 Å². The molecule has 1 N–H and O–H groups in total. The van der Waals surface area contributed by atoms with Crippen molar-refractivity contribution in [3.05, 3.63) is 52.2 Å². The third-order valence-corrected chi connectivity index (χ3v) is 5.05. The van der Waals surface area contributed by atoms with Gasteiger partial charge in [-0.1, -0.05) is 17.7 Å². The van der Waals surface area contributed by atoms with Crippen LogP contribution in [0.3, 0.4) is 0 Å². The maximum absolute atomic E-state index is 12.7. The number of amides is 1. The van der Waals surface area contributed by atoms with E-state index in [4.69, 9.17) is 16.3 Å². The number of carbonyl (C=O) groups is 1. The van der Waals surface area contributed by atoms with Gasteiger partial charge in [-0.15, -0.1) is 0 Å². The fraction of sp³-hybridized carbons (Fsp3) is 0.211. The molecule has 0 aliphatic carbocycles. The molecule has 3 rings (SSSR count). The number of aliphatic imine (C=N–C) groups is 1. The largest absolute Gasteiger partial charge is 0.504 e. The summed E-state index contributed by atoms with van der Waals surface area (Å²) in [6.07, 6.45) is 4.88. The van der Waals surface area contributed by atoms with Gasteiger partial charge in [-0.2, -0.15) is 0 Å². The number of likely N-dealkylation sites (N-methyl/N-ethyl adjacent to an activating group) is 1. The van der Waals surface area contributed by atoms with Crippen LogP contribution in [0.1, 0.15) is 19.4 Å². The highest BCUT2D eigenvalue weighted by atomic mass is 35.5. The Balaban J connectivity index is 1.94. The number of hydrogen-bond donors (Lipinski definition) is 1. The number of hydrogen-bond acceptors (Lipinski definition) is 6. The number of nitrogens with zero attached hydrogens (tertiary/aromatic N) is 3. The molecule has 27 heavy (non-hydrogen) atoms. The summed E-state index contributed by atoms with van der Waals surface area (Å²) in [4.78, 5) is 23.3. The molecule has 0 radical (unpaired) electrons. The number of benzene rings is 1. The summed E-state index contributed by atoms with van der Waals surface area (Å²) < 4.78 is 5.40. The Kier molecular flexibility index (Phi) is 6.03. The molecule has 2 heterocycles. The Bertz CT molecular complexity index is 930. The number of phenols is 1. The number of phenolic OH excluding ortho intramolecular Hbond substituents is 1. The Morgan fingerprint density at radius 1 is 1.37 bits per heavy atom. The zero-order valence-electron chi connectivity index (χ0n) is 14.8. The lowest BCUT2D eigenvalue weighted by Crippen LogP contribution is -2.28. The van der Waals surface area contributed by atoms with Crippen molar-refractivity contribution in [3.8, 4) is 11.5 Å². The number of thioether (sulfide) groups is 1. The molecule has 1 aromatic carbocycles. The van der Waals surface area contributed by atoms with Crippen LogP contribution in [0.2, 0.25) is 5.02 Å². The molecule has 2 aromatic rings. The molecule has 1 saturated heterocycles. The predicted molar refractivity (Wildman–Crippen MR) is 109 cm³/mol. The van der Waals surface area contributed by atoms with Gasteiger partial charge in [-0.3, -0.25) is 14.7 Å². The van der Waals surface area contributed by atoms with Crippen LogP contribution >= 0.6 is 23.4 Å². The molecular weight excluding hydrogens is 386 g/mol. The number of pyridine rings is 1. The van der Waals surface area contributed by atoms with E-state index in [0.717, 1.165) is 5.56 Å². The first-order valence-corrected chi connectivity index (χ1v) is 9.58. The number of aromatic nitrogens is 1. The maximum Gasteiger partial charge on any atom is 0.266 e. The van der Waals surface area contributed by atoms with Crippen molar-refractivity contribution in [2.24, 2.45) is 4.99 Å². The molecule has 1 fully saturated rings. The van der Waals surface area contributed by atoms with Gasteiger partial charge in [-0.25, -0.2) is 4.99 Å². The van der Waals surface area contributed by atoms with Gasteiger partial charge >= 0.3 is 0 Å². The number of carbonyl (C=O) groups excluding carboxylic acids is 1. The van der Waals surface area contributed by atoms with E-state index in [2.05, 4.69) is 9.98 Å². The minimum absolute atomic E-state index is 0.0640. The number of amidine groups is 1. The monoisotopic (exact) mass is 403 g/mol. The average molecular weight is 404 g/mol. The van der Waals surface area contributed by atoms with Gasteiger partial charge in [0.05, 0.1) is 22.2 Å². The second-order valence-corrected chi connectivity index (χ2v) is 6.96. The third-order valence-electron chi connectivity index (χ3n) is 3.75. The topological polar surface area (TPSA) is 75.0 Å². The number of rotatable bonds is 5. The number of aromatic hydroxyl groups is 1. The molecule has 0 bridgehead atoms. The van der Waals surface area contributed by atoms with Gasteiger partial charge < -0.3 is 9.84 Å². The van der Waals surface area contributed by atoms with Crippen LogP contribution < -0.4 is 4.74 Å². The molecule has 1 amide bonds. The van der Waals surface area contributed by atoms with Crippen molar-refractivity contribution < 1.29 is 14.6 Å². The Labute approximate surface area is 166 Å². The lowest BCUT2D eigenvalue weighted by molar-refractivity contribution is -0.122. The average Bonchev–Trinajstić information content (AvgIpc) is 2.94. The highest BCUT2D eigenvalue weighted by molar-refractivity contribution is 8.18. The highest BCUT2D eigenvalue weighted by Crippen LogP contribution is 2.36. The van der Waals surface area contributed by atoms with E-state index < -0.39 is 0 Å². The standard InChI is InChI=1S/C19H18ClN3O3S/c1-3-23-18(25)17(10-12-5-6-15(24)16(9-12)26-4-2)27-19(23)22-14-7-8-21-11-13(14)20/h5-11,24H,3-4H2,1-2H3/b17-10-,22-19?. The molecule has 0 saturated carbocycles. The van der Waals surface area contributed by atoms with Crippen LogP contribution in [0.15, 0.2) is 46.6 Å². The van der Waals surface area contributed by atoms with Crippen molar-refractivity contribution in [2.75, 3.05) is 13.2 Å². The second-order valence-electron chi connectivity index (χ2n) is 5.54. The smallest absolute Gasteiger partial charge is 0.266 e. The minimum Gasteiger partial charge on any atom is -0.504 e. The van der Waals surface area contributed by atoms with Gasteiger partial charge in [0.2, 0.25) is 0 Å². The van der Waals surface area contributed by atoms with Crippen molar-refractivity contribution in [2.45, 2.75) is 13.8 Å². The van der Waals surface area contributed by atoms with E-state index in [1.807, 2.05) is 13.8 Å².